The number of epoxide rings is 1. The van der Waals surface area contributed by atoms with Gasteiger partial charge >= 0.3 is 0 Å². The van der Waals surface area contributed by atoms with E-state index >= 15 is 0 Å². The summed E-state index contributed by atoms with van der Waals surface area (Å²) in [7, 11) is 1.60. The van der Waals surface area contributed by atoms with E-state index in [0.717, 1.165) is 19.4 Å². The predicted octanol–water partition coefficient (Wildman–Crippen LogP) is 0.502. The molecule has 0 saturated carbocycles. The average Bonchev–Trinajstić information content (AvgIpc) is 2.88. The van der Waals surface area contributed by atoms with Crippen molar-refractivity contribution >= 4 is 0 Å². The first-order valence-corrected chi connectivity index (χ1v) is 4.74. The Labute approximate surface area is 79.3 Å². The van der Waals surface area contributed by atoms with Gasteiger partial charge in [-0.3, -0.25) is 0 Å². The zero-order chi connectivity index (χ0) is 9.68. The first kappa shape index (κ1) is 10.9. The van der Waals surface area contributed by atoms with Gasteiger partial charge in [-0.25, -0.2) is 0 Å². The van der Waals surface area contributed by atoms with Crippen LogP contribution in [0.3, 0.4) is 0 Å². The monoisotopic (exact) mass is 189 g/mol. The summed E-state index contributed by atoms with van der Waals surface area (Å²) in [6.07, 6.45) is 2.22. The van der Waals surface area contributed by atoms with Gasteiger partial charge < -0.3 is 19.9 Å². The first-order chi connectivity index (χ1) is 6.22. The fourth-order valence-corrected chi connectivity index (χ4v) is 1.15. The van der Waals surface area contributed by atoms with E-state index in [2.05, 4.69) is 6.92 Å². The topological polar surface area (TPSA) is 57.0 Å². The lowest BCUT2D eigenvalue weighted by Crippen LogP contribution is -2.25. The van der Waals surface area contributed by atoms with Gasteiger partial charge in [0.1, 0.15) is 6.23 Å². The highest BCUT2D eigenvalue weighted by molar-refractivity contribution is 4.72. The molecule has 0 aromatic heterocycles. The molecule has 0 bridgehead atoms. The maximum atomic E-state index is 5.55. The number of methoxy groups -OCH3 is 1. The van der Waals surface area contributed by atoms with Crippen LogP contribution in [-0.2, 0) is 14.2 Å². The van der Waals surface area contributed by atoms with Crippen LogP contribution in [0.15, 0.2) is 0 Å². The molecule has 78 valence electrons. The van der Waals surface area contributed by atoms with Crippen molar-refractivity contribution in [3.8, 4) is 0 Å². The molecule has 13 heavy (non-hydrogen) atoms. The minimum absolute atomic E-state index is 0.204. The highest BCUT2D eigenvalue weighted by Gasteiger charge is 2.24. The first-order valence-electron chi connectivity index (χ1n) is 4.74. The summed E-state index contributed by atoms with van der Waals surface area (Å²) in [5.74, 6) is 0. The quantitative estimate of drug-likeness (QED) is 0.468. The lowest BCUT2D eigenvalue weighted by molar-refractivity contribution is 0.0188. The van der Waals surface area contributed by atoms with Crippen LogP contribution in [0, 0.1) is 0 Å². The molecule has 0 aromatic rings. The largest absolute Gasteiger partial charge is 0.378 e. The second kappa shape index (κ2) is 5.54. The minimum Gasteiger partial charge on any atom is -0.378 e. The lowest BCUT2D eigenvalue weighted by Gasteiger charge is -2.13. The second-order valence-electron chi connectivity index (χ2n) is 3.44. The van der Waals surface area contributed by atoms with Crippen LogP contribution in [0.4, 0.5) is 0 Å². The molecule has 1 aliphatic rings. The summed E-state index contributed by atoms with van der Waals surface area (Å²) in [6.45, 7) is 3.61. The van der Waals surface area contributed by atoms with E-state index < -0.39 is 0 Å². The maximum absolute atomic E-state index is 5.55. The summed E-state index contributed by atoms with van der Waals surface area (Å²) >= 11 is 0. The number of ether oxygens (including phenoxy) is 3. The van der Waals surface area contributed by atoms with Gasteiger partial charge in [-0.05, 0) is 6.92 Å². The molecule has 0 aromatic carbocycles. The molecule has 1 saturated heterocycles. The predicted molar refractivity (Wildman–Crippen MR) is 49.4 cm³/mol. The van der Waals surface area contributed by atoms with Crippen LogP contribution in [-0.4, -0.2) is 38.8 Å². The number of hydrogen-bond acceptors (Lipinski definition) is 4. The third-order valence-corrected chi connectivity index (χ3v) is 2.10. The Morgan fingerprint density at radius 1 is 1.62 bits per heavy atom. The van der Waals surface area contributed by atoms with E-state index in [-0.39, 0.29) is 12.3 Å². The van der Waals surface area contributed by atoms with E-state index in [1.54, 1.807) is 7.11 Å². The second-order valence-corrected chi connectivity index (χ2v) is 3.44. The Morgan fingerprint density at radius 3 is 2.85 bits per heavy atom. The van der Waals surface area contributed by atoms with Gasteiger partial charge in [0.15, 0.2) is 0 Å². The van der Waals surface area contributed by atoms with Gasteiger partial charge in [-0.1, -0.05) is 0 Å². The molecular weight excluding hydrogens is 170 g/mol. The molecule has 1 heterocycles. The third kappa shape index (κ3) is 5.21. The normalized spacial score (nSPS) is 25.6. The number of hydrogen-bond donors (Lipinski definition) is 1. The number of rotatable bonds is 7. The molecule has 1 rings (SSSR count). The van der Waals surface area contributed by atoms with Crippen molar-refractivity contribution in [1.82, 2.24) is 0 Å². The fraction of sp³-hybridized carbons (Fsp3) is 1.00. The summed E-state index contributed by atoms with van der Waals surface area (Å²) in [5.41, 5.74) is 5.55. The molecule has 0 aliphatic carbocycles. The van der Waals surface area contributed by atoms with Gasteiger partial charge in [-0.15, -0.1) is 0 Å². The van der Waals surface area contributed by atoms with E-state index in [1.165, 1.54) is 0 Å². The van der Waals surface area contributed by atoms with Crippen molar-refractivity contribution in [2.24, 2.45) is 5.73 Å². The molecule has 3 atom stereocenters. The van der Waals surface area contributed by atoms with Crippen LogP contribution in [0.5, 0.6) is 0 Å². The molecule has 2 N–H and O–H groups in total. The number of nitrogens with two attached hydrogens (primary N) is 1. The van der Waals surface area contributed by atoms with Crippen molar-refractivity contribution in [3.63, 3.8) is 0 Å². The third-order valence-electron chi connectivity index (χ3n) is 2.10. The lowest BCUT2D eigenvalue weighted by atomic mass is 10.2. The van der Waals surface area contributed by atoms with E-state index in [0.29, 0.717) is 12.7 Å². The zero-order valence-corrected chi connectivity index (χ0v) is 8.36. The van der Waals surface area contributed by atoms with Crippen molar-refractivity contribution in [3.05, 3.63) is 0 Å². The molecule has 3 unspecified atom stereocenters. The van der Waals surface area contributed by atoms with Crippen molar-refractivity contribution in [2.75, 3.05) is 20.3 Å². The Kier molecular flexibility index (Phi) is 4.66. The van der Waals surface area contributed by atoms with E-state index in [4.69, 9.17) is 19.9 Å². The molecule has 1 aliphatic heterocycles. The molecule has 0 radical (unpaired) electrons. The van der Waals surface area contributed by atoms with Gasteiger partial charge in [0.05, 0.1) is 25.4 Å². The molecular formula is C9H19NO3. The maximum Gasteiger partial charge on any atom is 0.107 e. The van der Waals surface area contributed by atoms with E-state index in [1.807, 2.05) is 0 Å². The average molecular weight is 189 g/mol. The summed E-state index contributed by atoms with van der Waals surface area (Å²) in [5, 5.41) is 0. The molecule has 1 fully saturated rings. The van der Waals surface area contributed by atoms with Crippen LogP contribution in [0.25, 0.3) is 0 Å². The molecule has 4 heteroatoms. The van der Waals surface area contributed by atoms with Crippen LogP contribution >= 0.6 is 0 Å². The Balaban J connectivity index is 1.91. The molecule has 4 nitrogen and oxygen atoms in total. The Hall–Kier alpha value is -0.160. The zero-order valence-electron chi connectivity index (χ0n) is 8.36. The summed E-state index contributed by atoms with van der Waals surface area (Å²) < 4.78 is 15.5. The summed E-state index contributed by atoms with van der Waals surface area (Å²) in [6, 6.07) is 0. The standard InChI is InChI=1S/C9H19NO3/c1-7(5-8-6-13-8)12-4-3-9(10)11-2/h7-9H,3-6,10H2,1-2H3. The minimum atomic E-state index is -0.204. The van der Waals surface area contributed by atoms with Crippen LogP contribution in [0.2, 0.25) is 0 Å². The summed E-state index contributed by atoms with van der Waals surface area (Å²) in [4.78, 5) is 0. The van der Waals surface area contributed by atoms with Crippen molar-refractivity contribution in [1.29, 1.82) is 0 Å². The van der Waals surface area contributed by atoms with Gasteiger partial charge in [0.2, 0.25) is 0 Å². The fourth-order valence-electron chi connectivity index (χ4n) is 1.15. The van der Waals surface area contributed by atoms with Gasteiger partial charge in [0.25, 0.3) is 0 Å². The van der Waals surface area contributed by atoms with Gasteiger partial charge in [-0.2, -0.15) is 0 Å². The van der Waals surface area contributed by atoms with Crippen molar-refractivity contribution < 1.29 is 14.2 Å². The Morgan fingerprint density at radius 2 is 2.31 bits per heavy atom. The van der Waals surface area contributed by atoms with Crippen LogP contribution in [0.1, 0.15) is 19.8 Å². The smallest absolute Gasteiger partial charge is 0.107 e. The highest BCUT2D eigenvalue weighted by atomic mass is 16.6. The van der Waals surface area contributed by atoms with Crippen molar-refractivity contribution in [2.45, 2.75) is 38.2 Å². The van der Waals surface area contributed by atoms with E-state index in [9.17, 15) is 0 Å². The molecule has 0 amide bonds. The Bertz CT molecular complexity index is 139. The SMILES string of the molecule is COC(N)CCOC(C)CC1CO1. The van der Waals surface area contributed by atoms with Crippen LogP contribution < -0.4 is 5.73 Å². The molecule has 0 spiro atoms. The highest BCUT2D eigenvalue weighted by Crippen LogP contribution is 2.17. The van der Waals surface area contributed by atoms with Gasteiger partial charge in [0, 0.05) is 20.0 Å².